The number of carbonyl (C=O) groups is 1. The van der Waals surface area contributed by atoms with Crippen LogP contribution >= 0.6 is 0 Å². The van der Waals surface area contributed by atoms with Crippen LogP contribution in [0.5, 0.6) is 0 Å². The van der Waals surface area contributed by atoms with Crippen molar-refractivity contribution >= 4 is 22.3 Å². The van der Waals surface area contributed by atoms with Crippen molar-refractivity contribution in [1.82, 2.24) is 0 Å². The van der Waals surface area contributed by atoms with Crippen LogP contribution in [0.4, 0.5) is 0 Å². The highest BCUT2D eigenvalue weighted by molar-refractivity contribution is 6.02. The maximum atomic E-state index is 10.9. The molecule has 2 aromatic rings. The SMILES string of the molecule is O=C(O)c1occ2cc(C3=CC=CCC3)ccc12. The fourth-order valence-electron chi connectivity index (χ4n) is 2.26. The Bertz CT molecular complexity index is 674. The molecular formula is C15H12O3. The van der Waals surface area contributed by atoms with Crippen molar-refractivity contribution in [3.05, 3.63) is 54.0 Å². The van der Waals surface area contributed by atoms with Gasteiger partial charge in [-0.3, -0.25) is 0 Å². The minimum atomic E-state index is -1.03. The fraction of sp³-hybridized carbons (Fsp3) is 0.133. The molecule has 0 saturated heterocycles. The maximum Gasteiger partial charge on any atom is 0.372 e. The summed E-state index contributed by atoms with van der Waals surface area (Å²) in [4.78, 5) is 10.9. The molecule has 18 heavy (non-hydrogen) atoms. The van der Waals surface area contributed by atoms with E-state index in [9.17, 15) is 4.79 Å². The van der Waals surface area contributed by atoms with Gasteiger partial charge in [-0.25, -0.2) is 4.79 Å². The van der Waals surface area contributed by atoms with Crippen molar-refractivity contribution in [2.75, 3.05) is 0 Å². The summed E-state index contributed by atoms with van der Waals surface area (Å²) in [5.41, 5.74) is 2.40. The molecule has 3 heteroatoms. The smallest absolute Gasteiger partial charge is 0.372 e. The Morgan fingerprint density at radius 3 is 2.94 bits per heavy atom. The molecule has 1 N–H and O–H groups in total. The number of hydrogen-bond acceptors (Lipinski definition) is 2. The Labute approximate surface area is 104 Å². The van der Waals surface area contributed by atoms with Crippen LogP contribution in [0.1, 0.15) is 29.0 Å². The van der Waals surface area contributed by atoms with Crippen molar-refractivity contribution in [2.45, 2.75) is 12.8 Å². The van der Waals surface area contributed by atoms with E-state index in [2.05, 4.69) is 18.2 Å². The lowest BCUT2D eigenvalue weighted by Crippen LogP contribution is -1.93. The summed E-state index contributed by atoms with van der Waals surface area (Å²) in [6.45, 7) is 0. The van der Waals surface area contributed by atoms with E-state index in [0.717, 1.165) is 23.8 Å². The van der Waals surface area contributed by atoms with E-state index in [1.54, 1.807) is 0 Å². The second kappa shape index (κ2) is 4.18. The number of rotatable bonds is 2. The quantitative estimate of drug-likeness (QED) is 0.867. The van der Waals surface area contributed by atoms with E-state index >= 15 is 0 Å². The van der Waals surface area contributed by atoms with E-state index in [1.807, 2.05) is 18.2 Å². The molecule has 90 valence electrons. The Morgan fingerprint density at radius 2 is 2.22 bits per heavy atom. The average molecular weight is 240 g/mol. The third kappa shape index (κ3) is 1.74. The fourth-order valence-corrected chi connectivity index (χ4v) is 2.26. The van der Waals surface area contributed by atoms with Crippen molar-refractivity contribution < 1.29 is 14.3 Å². The molecule has 0 amide bonds. The standard InChI is InChI=1S/C15H12O3/c16-15(17)14-13-7-6-11(8-12(13)9-18-14)10-4-2-1-3-5-10/h1-2,4,6-9H,3,5H2,(H,16,17). The normalized spacial score (nSPS) is 14.8. The highest BCUT2D eigenvalue weighted by Gasteiger charge is 2.14. The van der Waals surface area contributed by atoms with Gasteiger partial charge in [-0.05, 0) is 36.1 Å². The van der Waals surface area contributed by atoms with Crippen LogP contribution in [0.3, 0.4) is 0 Å². The first-order chi connectivity index (χ1) is 8.75. The predicted molar refractivity (Wildman–Crippen MR) is 69.5 cm³/mol. The van der Waals surface area contributed by atoms with E-state index in [-0.39, 0.29) is 5.76 Å². The van der Waals surface area contributed by atoms with Crippen LogP contribution in [-0.4, -0.2) is 11.1 Å². The molecule has 0 fully saturated rings. The minimum absolute atomic E-state index is 0.00840. The van der Waals surface area contributed by atoms with Gasteiger partial charge in [-0.2, -0.15) is 0 Å². The lowest BCUT2D eigenvalue weighted by Gasteiger charge is -2.09. The summed E-state index contributed by atoms with van der Waals surface area (Å²) in [5, 5.41) is 10.5. The number of carboxylic acid groups (broad SMARTS) is 1. The molecule has 0 unspecified atom stereocenters. The molecule has 0 spiro atoms. The van der Waals surface area contributed by atoms with Crippen molar-refractivity contribution in [1.29, 1.82) is 0 Å². The Kier molecular flexibility index (Phi) is 2.52. The van der Waals surface area contributed by atoms with Crippen LogP contribution in [0.2, 0.25) is 0 Å². The number of fused-ring (bicyclic) bond motifs is 1. The lowest BCUT2D eigenvalue weighted by atomic mass is 9.96. The maximum absolute atomic E-state index is 10.9. The Morgan fingerprint density at radius 1 is 1.33 bits per heavy atom. The zero-order valence-corrected chi connectivity index (χ0v) is 9.72. The van der Waals surface area contributed by atoms with Crippen LogP contribution in [0.25, 0.3) is 16.3 Å². The van der Waals surface area contributed by atoms with E-state index in [1.165, 1.54) is 11.8 Å². The van der Waals surface area contributed by atoms with Crippen molar-refractivity contribution in [3.8, 4) is 0 Å². The van der Waals surface area contributed by atoms with Crippen molar-refractivity contribution in [2.24, 2.45) is 0 Å². The average Bonchev–Trinajstić information content (AvgIpc) is 2.82. The number of furan rings is 1. The van der Waals surface area contributed by atoms with Gasteiger partial charge in [0.2, 0.25) is 5.76 Å². The van der Waals surface area contributed by atoms with Crippen LogP contribution < -0.4 is 0 Å². The number of aromatic carboxylic acids is 1. The van der Waals surface area contributed by atoms with Gasteiger partial charge < -0.3 is 9.52 Å². The van der Waals surface area contributed by atoms with Gasteiger partial charge in [0.1, 0.15) is 0 Å². The van der Waals surface area contributed by atoms with Gasteiger partial charge in [0.05, 0.1) is 6.26 Å². The van der Waals surface area contributed by atoms with Crippen LogP contribution in [-0.2, 0) is 0 Å². The van der Waals surface area contributed by atoms with Gasteiger partial charge >= 0.3 is 5.97 Å². The number of allylic oxidation sites excluding steroid dienone is 4. The molecule has 1 aliphatic rings. The molecule has 0 radical (unpaired) electrons. The summed E-state index contributed by atoms with van der Waals surface area (Å²) in [5.74, 6) is -1.02. The molecular weight excluding hydrogens is 228 g/mol. The molecule has 1 aliphatic carbocycles. The molecule has 0 bridgehead atoms. The topological polar surface area (TPSA) is 50.4 Å². The molecule has 0 saturated carbocycles. The van der Waals surface area contributed by atoms with Crippen molar-refractivity contribution in [3.63, 3.8) is 0 Å². The minimum Gasteiger partial charge on any atom is -0.475 e. The monoisotopic (exact) mass is 240 g/mol. The molecule has 3 nitrogen and oxygen atoms in total. The molecule has 1 aromatic heterocycles. The van der Waals surface area contributed by atoms with Gasteiger partial charge in [0.25, 0.3) is 0 Å². The van der Waals surface area contributed by atoms with Gasteiger partial charge in [-0.1, -0.05) is 24.3 Å². The zero-order chi connectivity index (χ0) is 12.5. The molecule has 1 aromatic carbocycles. The lowest BCUT2D eigenvalue weighted by molar-refractivity contribution is 0.0665. The second-order valence-corrected chi connectivity index (χ2v) is 4.33. The van der Waals surface area contributed by atoms with E-state index in [4.69, 9.17) is 9.52 Å². The zero-order valence-electron chi connectivity index (χ0n) is 9.72. The highest BCUT2D eigenvalue weighted by atomic mass is 16.4. The molecule has 0 aliphatic heterocycles. The third-order valence-corrected chi connectivity index (χ3v) is 3.18. The summed E-state index contributed by atoms with van der Waals surface area (Å²) in [6.07, 6.45) is 9.87. The second-order valence-electron chi connectivity index (χ2n) is 4.33. The van der Waals surface area contributed by atoms with Gasteiger partial charge in [0, 0.05) is 10.8 Å². The summed E-state index contributed by atoms with van der Waals surface area (Å²) < 4.78 is 5.09. The number of carboxylic acids is 1. The van der Waals surface area contributed by atoms with Gasteiger partial charge in [0.15, 0.2) is 0 Å². The number of hydrogen-bond donors (Lipinski definition) is 1. The molecule has 1 heterocycles. The summed E-state index contributed by atoms with van der Waals surface area (Å²) >= 11 is 0. The molecule has 0 atom stereocenters. The Hall–Kier alpha value is -2.29. The van der Waals surface area contributed by atoms with Crippen LogP contribution in [0.15, 0.2) is 47.1 Å². The van der Waals surface area contributed by atoms with Crippen LogP contribution in [0, 0.1) is 0 Å². The molecule has 3 rings (SSSR count). The number of benzene rings is 1. The first-order valence-corrected chi connectivity index (χ1v) is 5.86. The largest absolute Gasteiger partial charge is 0.475 e. The first kappa shape index (κ1) is 10.8. The highest BCUT2D eigenvalue weighted by Crippen LogP contribution is 2.28. The third-order valence-electron chi connectivity index (χ3n) is 3.18. The first-order valence-electron chi connectivity index (χ1n) is 5.86. The van der Waals surface area contributed by atoms with E-state index in [0.29, 0.717) is 5.39 Å². The van der Waals surface area contributed by atoms with E-state index < -0.39 is 5.97 Å². The Balaban J connectivity index is 2.09. The predicted octanol–water partition coefficient (Wildman–Crippen LogP) is 3.86. The summed E-state index contributed by atoms with van der Waals surface area (Å²) in [7, 11) is 0. The summed E-state index contributed by atoms with van der Waals surface area (Å²) in [6, 6.07) is 5.75. The van der Waals surface area contributed by atoms with Gasteiger partial charge in [-0.15, -0.1) is 0 Å².